The molecule has 0 unspecified atom stereocenters. The number of carbonyl (C=O) groups excluding carboxylic acids is 2. The molecule has 1 aliphatic carbocycles. The van der Waals surface area contributed by atoms with Gasteiger partial charge in [-0.1, -0.05) is 50.1 Å². The molecule has 6 nitrogen and oxygen atoms in total. The summed E-state index contributed by atoms with van der Waals surface area (Å²) >= 11 is 1.43. The largest absolute Gasteiger partial charge is 0.353 e. The lowest BCUT2D eigenvalue weighted by atomic mass is 9.95. The number of imidazole rings is 1. The Morgan fingerprint density at radius 2 is 1.83 bits per heavy atom. The summed E-state index contributed by atoms with van der Waals surface area (Å²) in [4.78, 5) is 32.1. The van der Waals surface area contributed by atoms with Crippen molar-refractivity contribution in [2.24, 2.45) is 5.92 Å². The number of hydrogen-bond donors (Lipinski definition) is 1. The Morgan fingerprint density at radius 1 is 1.10 bits per heavy atom. The first-order chi connectivity index (χ1) is 14.6. The van der Waals surface area contributed by atoms with Crippen LogP contribution in [0.1, 0.15) is 51.9 Å². The first kappa shape index (κ1) is 21.2. The molecule has 1 saturated carbocycles. The predicted octanol–water partition coefficient (Wildman–Crippen LogP) is 3.84. The van der Waals surface area contributed by atoms with Gasteiger partial charge in [-0.25, -0.2) is 4.98 Å². The van der Waals surface area contributed by atoms with Gasteiger partial charge in [0.1, 0.15) is 6.54 Å². The van der Waals surface area contributed by atoms with E-state index in [2.05, 4.69) is 12.2 Å². The monoisotopic (exact) mass is 428 g/mol. The van der Waals surface area contributed by atoms with Gasteiger partial charge in [0.15, 0.2) is 5.16 Å². The molecule has 2 amide bonds. The van der Waals surface area contributed by atoms with Crippen molar-refractivity contribution in [3.63, 3.8) is 0 Å². The molecule has 1 aliphatic heterocycles. The highest BCUT2D eigenvalue weighted by Crippen LogP contribution is 2.25. The van der Waals surface area contributed by atoms with Gasteiger partial charge in [-0.05, 0) is 43.7 Å². The summed E-state index contributed by atoms with van der Waals surface area (Å²) in [6, 6.07) is 8.20. The minimum atomic E-state index is 0.0573. The first-order valence-corrected chi connectivity index (χ1v) is 12.2. The number of benzene rings is 1. The molecule has 1 aromatic carbocycles. The maximum Gasteiger partial charge on any atom is 0.242 e. The number of rotatable bonds is 6. The second kappa shape index (κ2) is 9.86. The van der Waals surface area contributed by atoms with Crippen LogP contribution in [-0.4, -0.2) is 51.1 Å². The SMILES string of the molecule is CC1CCN(C(=O)Cn2c(SCC(=O)NC3CCCCC3)nc3ccccc32)CC1. The van der Waals surface area contributed by atoms with Gasteiger partial charge in [0.25, 0.3) is 0 Å². The smallest absolute Gasteiger partial charge is 0.242 e. The van der Waals surface area contributed by atoms with Gasteiger partial charge in [-0.15, -0.1) is 0 Å². The maximum absolute atomic E-state index is 13.0. The number of piperidine rings is 1. The Kier molecular flexibility index (Phi) is 6.97. The summed E-state index contributed by atoms with van der Waals surface area (Å²) in [5.41, 5.74) is 1.82. The number of aromatic nitrogens is 2. The van der Waals surface area contributed by atoms with E-state index in [1.165, 1.54) is 31.0 Å². The Bertz CT molecular complexity index is 882. The molecule has 4 rings (SSSR count). The van der Waals surface area contributed by atoms with E-state index in [1.54, 1.807) is 0 Å². The number of hydrogen-bond acceptors (Lipinski definition) is 4. The number of nitrogens with one attached hydrogen (secondary N) is 1. The molecule has 30 heavy (non-hydrogen) atoms. The molecular formula is C23H32N4O2S. The number of thioether (sulfide) groups is 1. The number of fused-ring (bicyclic) bond motifs is 1. The molecule has 1 saturated heterocycles. The summed E-state index contributed by atoms with van der Waals surface area (Å²) in [5, 5.41) is 3.91. The van der Waals surface area contributed by atoms with Crippen molar-refractivity contribution in [2.45, 2.75) is 69.6 Å². The number of amides is 2. The third-order valence-corrected chi connectivity index (χ3v) is 7.33. The molecule has 0 radical (unpaired) electrons. The van der Waals surface area contributed by atoms with Crippen molar-refractivity contribution in [2.75, 3.05) is 18.8 Å². The minimum absolute atomic E-state index is 0.0573. The van der Waals surface area contributed by atoms with Crippen LogP contribution in [0.4, 0.5) is 0 Å². The third kappa shape index (κ3) is 5.17. The van der Waals surface area contributed by atoms with Crippen LogP contribution in [0.25, 0.3) is 11.0 Å². The van der Waals surface area contributed by atoms with Gasteiger partial charge in [-0.2, -0.15) is 0 Å². The quantitative estimate of drug-likeness (QED) is 0.710. The van der Waals surface area contributed by atoms with Crippen LogP contribution in [0.15, 0.2) is 29.4 Å². The van der Waals surface area contributed by atoms with E-state index >= 15 is 0 Å². The van der Waals surface area contributed by atoms with Crippen LogP contribution in [-0.2, 0) is 16.1 Å². The summed E-state index contributed by atoms with van der Waals surface area (Å²) < 4.78 is 1.98. The molecule has 2 aromatic rings. The lowest BCUT2D eigenvalue weighted by Crippen LogP contribution is -2.39. The highest BCUT2D eigenvalue weighted by atomic mass is 32.2. The van der Waals surface area contributed by atoms with E-state index in [0.717, 1.165) is 55.0 Å². The van der Waals surface area contributed by atoms with Crippen LogP contribution >= 0.6 is 11.8 Å². The van der Waals surface area contributed by atoms with E-state index in [4.69, 9.17) is 4.98 Å². The van der Waals surface area contributed by atoms with E-state index in [1.807, 2.05) is 33.7 Å². The molecule has 0 atom stereocenters. The van der Waals surface area contributed by atoms with Crippen molar-refractivity contribution < 1.29 is 9.59 Å². The van der Waals surface area contributed by atoms with E-state index < -0.39 is 0 Å². The fourth-order valence-corrected chi connectivity index (χ4v) is 5.28. The normalized spacial score (nSPS) is 18.6. The second-order valence-corrected chi connectivity index (χ2v) is 9.67. The first-order valence-electron chi connectivity index (χ1n) is 11.3. The van der Waals surface area contributed by atoms with Gasteiger partial charge >= 0.3 is 0 Å². The maximum atomic E-state index is 13.0. The van der Waals surface area contributed by atoms with Crippen molar-refractivity contribution in [3.05, 3.63) is 24.3 Å². The van der Waals surface area contributed by atoms with Crippen molar-refractivity contribution >= 4 is 34.6 Å². The predicted molar refractivity (Wildman–Crippen MR) is 120 cm³/mol. The fraction of sp³-hybridized carbons (Fsp3) is 0.609. The molecule has 0 bridgehead atoms. The topological polar surface area (TPSA) is 67.2 Å². The van der Waals surface area contributed by atoms with Gasteiger partial charge in [-0.3, -0.25) is 9.59 Å². The summed E-state index contributed by atoms with van der Waals surface area (Å²) in [6.07, 6.45) is 7.97. The molecule has 0 spiro atoms. The Morgan fingerprint density at radius 3 is 2.60 bits per heavy atom. The van der Waals surface area contributed by atoms with Crippen molar-refractivity contribution in [1.29, 1.82) is 0 Å². The number of para-hydroxylation sites is 2. The van der Waals surface area contributed by atoms with Gasteiger partial charge < -0.3 is 14.8 Å². The zero-order chi connectivity index (χ0) is 20.9. The average Bonchev–Trinajstić information content (AvgIpc) is 3.11. The van der Waals surface area contributed by atoms with Gasteiger partial charge in [0.05, 0.1) is 16.8 Å². The molecule has 1 aromatic heterocycles. The fourth-order valence-electron chi connectivity index (χ4n) is 4.46. The lowest BCUT2D eigenvalue weighted by molar-refractivity contribution is -0.133. The van der Waals surface area contributed by atoms with Crippen LogP contribution in [0.3, 0.4) is 0 Å². The van der Waals surface area contributed by atoms with E-state index in [0.29, 0.717) is 17.7 Å². The second-order valence-electron chi connectivity index (χ2n) is 8.72. The number of carbonyl (C=O) groups is 2. The van der Waals surface area contributed by atoms with E-state index in [9.17, 15) is 9.59 Å². The molecule has 162 valence electrons. The third-order valence-electron chi connectivity index (χ3n) is 6.35. The average molecular weight is 429 g/mol. The molecule has 2 heterocycles. The van der Waals surface area contributed by atoms with Crippen LogP contribution in [0.2, 0.25) is 0 Å². The zero-order valence-electron chi connectivity index (χ0n) is 17.8. The molecule has 7 heteroatoms. The van der Waals surface area contributed by atoms with Crippen molar-refractivity contribution in [3.8, 4) is 0 Å². The van der Waals surface area contributed by atoms with Crippen molar-refractivity contribution in [1.82, 2.24) is 19.8 Å². The van der Waals surface area contributed by atoms with Gasteiger partial charge in [0, 0.05) is 19.1 Å². The highest BCUT2D eigenvalue weighted by Gasteiger charge is 2.23. The standard InChI is InChI=1S/C23H32N4O2S/c1-17-11-13-26(14-12-17)22(29)15-27-20-10-6-5-9-19(20)25-23(27)30-16-21(28)24-18-7-3-2-4-8-18/h5-6,9-10,17-18H,2-4,7-8,11-16H2,1H3,(H,24,28). The Hall–Kier alpha value is -2.02. The molecule has 1 N–H and O–H groups in total. The zero-order valence-corrected chi connectivity index (χ0v) is 18.6. The summed E-state index contributed by atoms with van der Waals surface area (Å²) in [5.74, 6) is 1.22. The lowest BCUT2D eigenvalue weighted by Gasteiger charge is -2.30. The van der Waals surface area contributed by atoms with E-state index in [-0.39, 0.29) is 18.4 Å². The van der Waals surface area contributed by atoms with Crippen LogP contribution in [0.5, 0.6) is 0 Å². The van der Waals surface area contributed by atoms with Gasteiger partial charge in [0.2, 0.25) is 11.8 Å². The Balaban J connectivity index is 1.43. The molecular weight excluding hydrogens is 396 g/mol. The highest BCUT2D eigenvalue weighted by molar-refractivity contribution is 7.99. The summed E-state index contributed by atoms with van der Waals surface area (Å²) in [6.45, 7) is 4.19. The van der Waals surface area contributed by atoms with Crippen LogP contribution < -0.4 is 5.32 Å². The number of nitrogens with zero attached hydrogens (tertiary/aromatic N) is 3. The van der Waals surface area contributed by atoms with Crippen LogP contribution in [0, 0.1) is 5.92 Å². The Labute approximate surface area is 182 Å². The summed E-state index contributed by atoms with van der Waals surface area (Å²) in [7, 11) is 0. The molecule has 2 fully saturated rings. The number of likely N-dealkylation sites (tertiary alicyclic amines) is 1. The minimum Gasteiger partial charge on any atom is -0.353 e. The molecule has 2 aliphatic rings.